The van der Waals surface area contributed by atoms with Crippen LogP contribution in [0.2, 0.25) is 0 Å². The fourth-order valence-corrected chi connectivity index (χ4v) is 4.25. The molecule has 1 aromatic carbocycles. The van der Waals surface area contributed by atoms with Gasteiger partial charge in [0.25, 0.3) is 0 Å². The maximum atomic E-state index is 6.28. The highest BCUT2D eigenvalue weighted by molar-refractivity contribution is 6.21. The molecule has 0 radical (unpaired) electrons. The van der Waals surface area contributed by atoms with E-state index in [1.807, 2.05) is 30.3 Å². The second-order valence-electron chi connectivity index (χ2n) is 5.88. The Morgan fingerprint density at radius 1 is 1.05 bits per heavy atom. The second kappa shape index (κ2) is 8.14. The molecule has 1 aliphatic carbocycles. The molecule has 1 saturated carbocycles. The molecule has 1 aromatic rings. The van der Waals surface area contributed by atoms with Crippen LogP contribution in [0.25, 0.3) is 0 Å². The van der Waals surface area contributed by atoms with Gasteiger partial charge in [0, 0.05) is 17.2 Å². The summed E-state index contributed by atoms with van der Waals surface area (Å²) in [6.07, 6.45) is 7.34. The number of hydrogen-bond acceptors (Lipinski definition) is 1. The van der Waals surface area contributed by atoms with Gasteiger partial charge in [0.1, 0.15) is 5.75 Å². The van der Waals surface area contributed by atoms with Crippen molar-refractivity contribution in [1.82, 2.24) is 0 Å². The van der Waals surface area contributed by atoms with Gasteiger partial charge in [-0.1, -0.05) is 31.0 Å². The summed E-state index contributed by atoms with van der Waals surface area (Å²) in [7, 11) is 0. The van der Waals surface area contributed by atoms with Crippen molar-refractivity contribution < 1.29 is 4.74 Å². The van der Waals surface area contributed by atoms with Crippen molar-refractivity contribution in [3.05, 3.63) is 30.3 Å². The standard InChI is InChI=1S/C17H24Cl2O/c18-13-17(14-19,15-7-4-5-8-15)11-6-12-20-16-9-2-1-3-10-16/h1-3,9-10,15H,4-8,11-14H2. The number of alkyl halides is 2. The predicted molar refractivity (Wildman–Crippen MR) is 87.0 cm³/mol. The molecule has 1 fully saturated rings. The quantitative estimate of drug-likeness (QED) is 0.454. The van der Waals surface area contributed by atoms with Crippen molar-refractivity contribution in [2.24, 2.45) is 11.3 Å². The topological polar surface area (TPSA) is 9.23 Å². The normalized spacial score (nSPS) is 16.5. The summed E-state index contributed by atoms with van der Waals surface area (Å²) in [5, 5.41) is 0. The minimum Gasteiger partial charge on any atom is -0.494 e. The fourth-order valence-electron chi connectivity index (χ4n) is 3.26. The summed E-state index contributed by atoms with van der Waals surface area (Å²) in [6.45, 7) is 0.742. The lowest BCUT2D eigenvalue weighted by Crippen LogP contribution is -2.33. The summed E-state index contributed by atoms with van der Waals surface area (Å²) < 4.78 is 5.77. The Morgan fingerprint density at radius 3 is 2.30 bits per heavy atom. The van der Waals surface area contributed by atoms with E-state index in [9.17, 15) is 0 Å². The van der Waals surface area contributed by atoms with Gasteiger partial charge >= 0.3 is 0 Å². The van der Waals surface area contributed by atoms with Crippen molar-refractivity contribution >= 4 is 23.2 Å². The zero-order valence-electron chi connectivity index (χ0n) is 12.0. The molecule has 0 aliphatic heterocycles. The van der Waals surface area contributed by atoms with Crippen LogP contribution >= 0.6 is 23.2 Å². The van der Waals surface area contributed by atoms with E-state index < -0.39 is 0 Å². The molecule has 0 heterocycles. The van der Waals surface area contributed by atoms with Gasteiger partial charge in [-0.2, -0.15) is 0 Å². The number of rotatable bonds is 8. The van der Waals surface area contributed by atoms with Crippen molar-refractivity contribution in [3.63, 3.8) is 0 Å². The highest BCUT2D eigenvalue weighted by atomic mass is 35.5. The molecule has 0 bridgehead atoms. The molecule has 0 N–H and O–H groups in total. The molecule has 1 aliphatic rings. The fraction of sp³-hybridized carbons (Fsp3) is 0.647. The van der Waals surface area contributed by atoms with Gasteiger partial charge in [0.2, 0.25) is 0 Å². The maximum absolute atomic E-state index is 6.28. The average Bonchev–Trinajstić information content (AvgIpc) is 3.04. The number of para-hydroxylation sites is 1. The molecule has 1 nitrogen and oxygen atoms in total. The summed E-state index contributed by atoms with van der Waals surface area (Å²) in [6, 6.07) is 9.98. The second-order valence-corrected chi connectivity index (χ2v) is 6.41. The smallest absolute Gasteiger partial charge is 0.119 e. The molecule has 0 atom stereocenters. The van der Waals surface area contributed by atoms with Gasteiger partial charge in [-0.3, -0.25) is 0 Å². The van der Waals surface area contributed by atoms with Crippen LogP contribution in [0.4, 0.5) is 0 Å². The van der Waals surface area contributed by atoms with E-state index in [0.29, 0.717) is 17.7 Å². The van der Waals surface area contributed by atoms with Gasteiger partial charge < -0.3 is 4.74 Å². The van der Waals surface area contributed by atoms with Crippen molar-refractivity contribution in [2.45, 2.75) is 38.5 Å². The Kier molecular flexibility index (Phi) is 6.51. The van der Waals surface area contributed by atoms with Crippen molar-refractivity contribution in [3.8, 4) is 5.75 Å². The summed E-state index contributed by atoms with van der Waals surface area (Å²) in [5.74, 6) is 2.99. The van der Waals surface area contributed by atoms with Crippen LogP contribution in [0.1, 0.15) is 38.5 Å². The van der Waals surface area contributed by atoms with E-state index in [0.717, 1.165) is 25.2 Å². The van der Waals surface area contributed by atoms with Crippen LogP contribution in [-0.2, 0) is 0 Å². The molecule has 0 aromatic heterocycles. The maximum Gasteiger partial charge on any atom is 0.119 e. The van der Waals surface area contributed by atoms with Gasteiger partial charge in [-0.25, -0.2) is 0 Å². The number of benzene rings is 1. The van der Waals surface area contributed by atoms with Gasteiger partial charge in [0.15, 0.2) is 0 Å². The molecule has 20 heavy (non-hydrogen) atoms. The molecular formula is C17H24Cl2O. The highest BCUT2D eigenvalue weighted by Gasteiger charge is 2.38. The monoisotopic (exact) mass is 314 g/mol. The highest BCUT2D eigenvalue weighted by Crippen LogP contribution is 2.44. The van der Waals surface area contributed by atoms with Crippen LogP contribution in [-0.4, -0.2) is 18.4 Å². The Labute approximate surface area is 132 Å². The molecule has 0 saturated heterocycles. The largest absolute Gasteiger partial charge is 0.494 e. The zero-order chi connectivity index (χ0) is 14.3. The zero-order valence-corrected chi connectivity index (χ0v) is 13.5. The lowest BCUT2D eigenvalue weighted by atomic mass is 9.74. The molecule has 0 unspecified atom stereocenters. The first-order valence-corrected chi connectivity index (χ1v) is 8.67. The van der Waals surface area contributed by atoms with Crippen LogP contribution in [0.5, 0.6) is 5.75 Å². The van der Waals surface area contributed by atoms with Crippen molar-refractivity contribution in [1.29, 1.82) is 0 Å². The van der Waals surface area contributed by atoms with E-state index in [-0.39, 0.29) is 5.41 Å². The number of halogens is 2. The Bertz CT molecular complexity index is 370. The summed E-state index contributed by atoms with van der Waals surface area (Å²) >= 11 is 12.6. The SMILES string of the molecule is ClCC(CCl)(CCCOc1ccccc1)C1CCCC1. The minimum atomic E-state index is 0.111. The molecule has 0 amide bonds. The van der Waals surface area contributed by atoms with Gasteiger partial charge in [-0.15, -0.1) is 23.2 Å². The molecule has 3 heteroatoms. The van der Waals surface area contributed by atoms with Crippen LogP contribution in [0.15, 0.2) is 30.3 Å². The first-order chi connectivity index (χ1) is 9.80. The third-order valence-corrected chi connectivity index (χ3v) is 5.65. The average molecular weight is 315 g/mol. The molecule has 112 valence electrons. The third kappa shape index (κ3) is 4.05. The number of hydrogen-bond donors (Lipinski definition) is 0. The van der Waals surface area contributed by atoms with Crippen molar-refractivity contribution in [2.75, 3.05) is 18.4 Å². The molecular weight excluding hydrogens is 291 g/mol. The van der Waals surface area contributed by atoms with E-state index in [1.165, 1.54) is 25.7 Å². The number of ether oxygens (including phenoxy) is 1. The summed E-state index contributed by atoms with van der Waals surface area (Å²) in [5.41, 5.74) is 0.111. The van der Waals surface area contributed by atoms with Crippen LogP contribution < -0.4 is 4.74 Å². The van der Waals surface area contributed by atoms with Gasteiger partial charge in [0.05, 0.1) is 6.61 Å². The Hall–Kier alpha value is -0.400. The molecule has 0 spiro atoms. The lowest BCUT2D eigenvalue weighted by Gasteiger charge is -2.36. The Morgan fingerprint density at radius 2 is 1.70 bits per heavy atom. The predicted octanol–water partition coefficient (Wildman–Crippen LogP) is 5.50. The van der Waals surface area contributed by atoms with E-state index >= 15 is 0 Å². The van der Waals surface area contributed by atoms with E-state index in [4.69, 9.17) is 27.9 Å². The van der Waals surface area contributed by atoms with Crippen LogP contribution in [0.3, 0.4) is 0 Å². The van der Waals surface area contributed by atoms with Crippen LogP contribution in [0, 0.1) is 11.3 Å². The third-order valence-electron chi connectivity index (χ3n) is 4.58. The molecule has 2 rings (SSSR count). The lowest BCUT2D eigenvalue weighted by molar-refractivity contribution is 0.185. The van der Waals surface area contributed by atoms with Gasteiger partial charge in [-0.05, 0) is 43.7 Å². The Balaban J connectivity index is 1.80. The van der Waals surface area contributed by atoms with E-state index in [2.05, 4.69) is 0 Å². The minimum absolute atomic E-state index is 0.111. The van der Waals surface area contributed by atoms with E-state index in [1.54, 1.807) is 0 Å². The first kappa shape index (κ1) is 16.0. The summed E-state index contributed by atoms with van der Waals surface area (Å²) in [4.78, 5) is 0. The first-order valence-electron chi connectivity index (χ1n) is 7.60.